The molecule has 3 heterocycles. The predicted molar refractivity (Wildman–Crippen MR) is 105 cm³/mol. The van der Waals surface area contributed by atoms with Crippen molar-refractivity contribution in [2.75, 3.05) is 5.32 Å². The summed E-state index contributed by atoms with van der Waals surface area (Å²) in [5, 5.41) is 8.38. The van der Waals surface area contributed by atoms with E-state index in [9.17, 15) is 4.79 Å². The zero-order chi connectivity index (χ0) is 18.8. The lowest BCUT2D eigenvalue weighted by Gasteiger charge is -2.07. The van der Waals surface area contributed by atoms with Gasteiger partial charge in [-0.25, -0.2) is 9.67 Å². The fourth-order valence-electron chi connectivity index (χ4n) is 3.22. The van der Waals surface area contributed by atoms with Crippen molar-refractivity contribution in [3.8, 4) is 11.1 Å². The molecule has 0 aliphatic rings. The van der Waals surface area contributed by atoms with Crippen LogP contribution in [0.25, 0.3) is 22.2 Å². The molecule has 1 amide bonds. The standard InChI is InChI=1S/C21H19N5O/c1-14-4-3-5-16(12-14)18-8-11-23-21-20(18)15(2)25-26(21)13-19(27)24-17-6-9-22-10-7-17/h3-12H,13H2,1-2H3,(H,22,24,27). The normalized spacial score (nSPS) is 10.9. The average Bonchev–Trinajstić information content (AvgIpc) is 2.98. The Labute approximate surface area is 156 Å². The fraction of sp³-hybridized carbons (Fsp3) is 0.143. The maximum atomic E-state index is 12.4. The van der Waals surface area contributed by atoms with Gasteiger partial charge in [0.2, 0.25) is 5.91 Å². The first-order valence-corrected chi connectivity index (χ1v) is 8.71. The molecule has 27 heavy (non-hydrogen) atoms. The molecule has 134 valence electrons. The van der Waals surface area contributed by atoms with Crippen molar-refractivity contribution in [1.82, 2.24) is 19.7 Å². The van der Waals surface area contributed by atoms with Crippen LogP contribution in [0.2, 0.25) is 0 Å². The molecule has 6 nitrogen and oxygen atoms in total. The summed E-state index contributed by atoms with van der Waals surface area (Å²) in [5.41, 5.74) is 5.65. The van der Waals surface area contributed by atoms with Gasteiger partial charge in [0.15, 0.2) is 5.65 Å². The highest BCUT2D eigenvalue weighted by Gasteiger charge is 2.16. The molecule has 6 heteroatoms. The number of hydrogen-bond acceptors (Lipinski definition) is 4. The highest BCUT2D eigenvalue weighted by Crippen LogP contribution is 2.30. The summed E-state index contributed by atoms with van der Waals surface area (Å²) in [5.74, 6) is -0.159. The Balaban J connectivity index is 1.69. The van der Waals surface area contributed by atoms with E-state index in [1.807, 2.05) is 19.1 Å². The largest absolute Gasteiger partial charge is 0.324 e. The van der Waals surface area contributed by atoms with E-state index in [0.717, 1.165) is 22.2 Å². The number of nitrogens with zero attached hydrogens (tertiary/aromatic N) is 4. The molecule has 4 aromatic rings. The third-order valence-corrected chi connectivity index (χ3v) is 4.39. The number of carbonyl (C=O) groups is 1. The van der Waals surface area contributed by atoms with Gasteiger partial charge in [-0.05, 0) is 43.2 Å². The van der Waals surface area contributed by atoms with Gasteiger partial charge in [-0.2, -0.15) is 5.10 Å². The van der Waals surface area contributed by atoms with Crippen LogP contribution in [0.5, 0.6) is 0 Å². The van der Waals surface area contributed by atoms with E-state index in [0.29, 0.717) is 11.3 Å². The Kier molecular flexibility index (Phi) is 4.38. The highest BCUT2D eigenvalue weighted by molar-refractivity contribution is 5.96. The van der Waals surface area contributed by atoms with Crippen LogP contribution in [0.4, 0.5) is 5.69 Å². The van der Waals surface area contributed by atoms with Crippen molar-refractivity contribution in [2.24, 2.45) is 0 Å². The van der Waals surface area contributed by atoms with E-state index in [2.05, 4.69) is 45.5 Å². The number of fused-ring (bicyclic) bond motifs is 1. The van der Waals surface area contributed by atoms with Gasteiger partial charge in [0, 0.05) is 29.7 Å². The second-order valence-electron chi connectivity index (χ2n) is 6.45. The fourth-order valence-corrected chi connectivity index (χ4v) is 3.22. The second-order valence-corrected chi connectivity index (χ2v) is 6.45. The third kappa shape index (κ3) is 3.42. The van der Waals surface area contributed by atoms with Crippen LogP contribution >= 0.6 is 0 Å². The van der Waals surface area contributed by atoms with E-state index in [1.165, 1.54) is 5.56 Å². The van der Waals surface area contributed by atoms with Gasteiger partial charge in [0.25, 0.3) is 0 Å². The number of pyridine rings is 2. The summed E-state index contributed by atoms with van der Waals surface area (Å²) in [6, 6.07) is 13.8. The molecule has 1 aromatic carbocycles. The van der Waals surface area contributed by atoms with Gasteiger partial charge in [-0.3, -0.25) is 9.78 Å². The van der Waals surface area contributed by atoms with Crippen LogP contribution < -0.4 is 5.32 Å². The Morgan fingerprint density at radius 2 is 1.89 bits per heavy atom. The van der Waals surface area contributed by atoms with Gasteiger partial charge in [0.1, 0.15) is 6.54 Å². The van der Waals surface area contributed by atoms with Crippen LogP contribution in [0.1, 0.15) is 11.3 Å². The van der Waals surface area contributed by atoms with Gasteiger partial charge >= 0.3 is 0 Å². The van der Waals surface area contributed by atoms with Crippen LogP contribution in [0.15, 0.2) is 61.1 Å². The lowest BCUT2D eigenvalue weighted by atomic mass is 10.0. The molecule has 4 rings (SSSR count). The molecule has 1 N–H and O–H groups in total. The van der Waals surface area contributed by atoms with Crippen LogP contribution in [-0.2, 0) is 11.3 Å². The number of aryl methyl sites for hydroxylation is 2. The summed E-state index contributed by atoms with van der Waals surface area (Å²) in [6.07, 6.45) is 5.04. The minimum absolute atomic E-state index is 0.0942. The summed E-state index contributed by atoms with van der Waals surface area (Å²) < 4.78 is 1.65. The molecule has 0 aliphatic carbocycles. The van der Waals surface area contributed by atoms with Crippen molar-refractivity contribution in [3.05, 3.63) is 72.3 Å². The smallest absolute Gasteiger partial charge is 0.246 e. The Hall–Kier alpha value is -3.54. The minimum atomic E-state index is -0.159. The number of benzene rings is 1. The molecule has 0 unspecified atom stereocenters. The number of carbonyl (C=O) groups excluding carboxylic acids is 1. The average molecular weight is 357 g/mol. The molecule has 0 fully saturated rings. The van der Waals surface area contributed by atoms with E-state index in [4.69, 9.17) is 0 Å². The van der Waals surface area contributed by atoms with Crippen molar-refractivity contribution in [2.45, 2.75) is 20.4 Å². The highest BCUT2D eigenvalue weighted by atomic mass is 16.2. The Morgan fingerprint density at radius 3 is 2.67 bits per heavy atom. The zero-order valence-electron chi connectivity index (χ0n) is 15.2. The third-order valence-electron chi connectivity index (χ3n) is 4.39. The topological polar surface area (TPSA) is 72.7 Å². The number of nitrogens with one attached hydrogen (secondary N) is 1. The second kappa shape index (κ2) is 6.99. The summed E-state index contributed by atoms with van der Waals surface area (Å²) in [4.78, 5) is 20.8. The monoisotopic (exact) mass is 357 g/mol. The molecule has 0 radical (unpaired) electrons. The molecular weight excluding hydrogens is 338 g/mol. The molecule has 3 aromatic heterocycles. The van der Waals surface area contributed by atoms with Gasteiger partial charge in [0.05, 0.1) is 5.69 Å². The maximum absolute atomic E-state index is 12.4. The first kappa shape index (κ1) is 16.9. The minimum Gasteiger partial charge on any atom is -0.324 e. The molecule has 0 spiro atoms. The van der Waals surface area contributed by atoms with E-state index in [-0.39, 0.29) is 12.5 Å². The first-order chi connectivity index (χ1) is 13.1. The summed E-state index contributed by atoms with van der Waals surface area (Å²) in [6.45, 7) is 4.11. The Bertz CT molecular complexity index is 1120. The van der Waals surface area contributed by atoms with Crippen molar-refractivity contribution in [3.63, 3.8) is 0 Å². The lowest BCUT2D eigenvalue weighted by molar-refractivity contribution is -0.116. The van der Waals surface area contributed by atoms with Crippen molar-refractivity contribution in [1.29, 1.82) is 0 Å². The van der Waals surface area contributed by atoms with E-state index >= 15 is 0 Å². The molecular formula is C21H19N5O. The van der Waals surface area contributed by atoms with Gasteiger partial charge in [-0.15, -0.1) is 0 Å². The molecule has 0 saturated carbocycles. The van der Waals surface area contributed by atoms with E-state index in [1.54, 1.807) is 35.4 Å². The molecule has 0 atom stereocenters. The van der Waals surface area contributed by atoms with Crippen LogP contribution in [-0.4, -0.2) is 25.7 Å². The first-order valence-electron chi connectivity index (χ1n) is 8.71. The van der Waals surface area contributed by atoms with Crippen LogP contribution in [0, 0.1) is 13.8 Å². The number of rotatable bonds is 4. The predicted octanol–water partition coefficient (Wildman–Crippen LogP) is 3.75. The summed E-state index contributed by atoms with van der Waals surface area (Å²) in [7, 11) is 0. The van der Waals surface area contributed by atoms with Gasteiger partial charge < -0.3 is 5.32 Å². The molecule has 0 aliphatic heterocycles. The van der Waals surface area contributed by atoms with E-state index < -0.39 is 0 Å². The van der Waals surface area contributed by atoms with Crippen molar-refractivity contribution < 1.29 is 4.79 Å². The Morgan fingerprint density at radius 1 is 1.07 bits per heavy atom. The number of amides is 1. The molecule has 0 bridgehead atoms. The van der Waals surface area contributed by atoms with Gasteiger partial charge in [-0.1, -0.05) is 29.8 Å². The number of hydrogen-bond donors (Lipinski definition) is 1. The quantitative estimate of drug-likeness (QED) is 0.604. The van der Waals surface area contributed by atoms with Crippen LogP contribution in [0.3, 0.4) is 0 Å². The zero-order valence-corrected chi connectivity index (χ0v) is 15.2. The maximum Gasteiger partial charge on any atom is 0.246 e. The summed E-state index contributed by atoms with van der Waals surface area (Å²) >= 11 is 0. The SMILES string of the molecule is Cc1cccc(-c2ccnc3c2c(C)nn3CC(=O)Nc2ccncc2)c1. The molecule has 0 saturated heterocycles. The lowest BCUT2D eigenvalue weighted by Crippen LogP contribution is -2.19. The number of aromatic nitrogens is 4. The van der Waals surface area contributed by atoms with Crippen molar-refractivity contribution >= 4 is 22.6 Å². The number of anilines is 1.